The zero-order valence-electron chi connectivity index (χ0n) is 11.4. The number of hydrogen-bond donors (Lipinski definition) is 0. The SMILES string of the molecule is CC.CCC.CCc1ccccc1CC. The third-order valence-corrected chi connectivity index (χ3v) is 1.88. The molecule has 0 aliphatic carbocycles. The highest BCUT2D eigenvalue weighted by atomic mass is 14.0. The van der Waals surface area contributed by atoms with Gasteiger partial charge in [-0.3, -0.25) is 0 Å². The van der Waals surface area contributed by atoms with Crippen molar-refractivity contribution in [3.63, 3.8) is 0 Å². The Morgan fingerprint density at radius 3 is 1.20 bits per heavy atom. The molecule has 0 heteroatoms. The smallest absolute Gasteiger partial charge is 0.0305 e. The largest absolute Gasteiger partial charge is 0.0683 e. The average Bonchev–Trinajstić information content (AvgIpc) is 2.32. The fourth-order valence-corrected chi connectivity index (χ4v) is 1.25. The van der Waals surface area contributed by atoms with Gasteiger partial charge < -0.3 is 0 Å². The summed E-state index contributed by atoms with van der Waals surface area (Å²) in [4.78, 5) is 0. The molecule has 88 valence electrons. The molecule has 0 saturated carbocycles. The molecule has 0 amide bonds. The van der Waals surface area contributed by atoms with Crippen LogP contribution in [-0.2, 0) is 12.8 Å². The van der Waals surface area contributed by atoms with E-state index in [-0.39, 0.29) is 0 Å². The van der Waals surface area contributed by atoms with Crippen LogP contribution in [0.15, 0.2) is 24.3 Å². The standard InChI is InChI=1S/C10H14.C3H8.C2H6/c1-3-9-7-5-6-8-10(9)4-2;1-3-2;1-2/h5-8H,3-4H2,1-2H3;3H2,1-2H3;1-2H3. The van der Waals surface area contributed by atoms with Crippen molar-refractivity contribution in [1.82, 2.24) is 0 Å². The minimum atomic E-state index is 1.16. The summed E-state index contributed by atoms with van der Waals surface area (Å²) in [6.07, 6.45) is 3.56. The fraction of sp³-hybridized carbons (Fsp3) is 0.600. The van der Waals surface area contributed by atoms with Crippen LogP contribution >= 0.6 is 0 Å². The van der Waals surface area contributed by atoms with Crippen LogP contribution in [0.4, 0.5) is 0 Å². The van der Waals surface area contributed by atoms with E-state index in [4.69, 9.17) is 0 Å². The van der Waals surface area contributed by atoms with Crippen LogP contribution in [0.1, 0.15) is 59.1 Å². The molecule has 0 saturated heterocycles. The Bertz CT molecular complexity index is 190. The van der Waals surface area contributed by atoms with Gasteiger partial charge in [0.25, 0.3) is 0 Å². The Kier molecular flexibility index (Phi) is 14.7. The van der Waals surface area contributed by atoms with E-state index in [2.05, 4.69) is 52.0 Å². The summed E-state index contributed by atoms with van der Waals surface area (Å²) in [7, 11) is 0. The number of hydrogen-bond acceptors (Lipinski definition) is 0. The third-order valence-electron chi connectivity index (χ3n) is 1.88. The Labute approximate surface area is 96.7 Å². The van der Waals surface area contributed by atoms with Crippen molar-refractivity contribution in [2.24, 2.45) is 0 Å². The molecule has 0 unspecified atom stereocenters. The fourth-order valence-electron chi connectivity index (χ4n) is 1.25. The second kappa shape index (κ2) is 13.2. The van der Waals surface area contributed by atoms with E-state index in [0.29, 0.717) is 0 Å². The van der Waals surface area contributed by atoms with Gasteiger partial charge in [-0.15, -0.1) is 0 Å². The highest BCUT2D eigenvalue weighted by molar-refractivity contribution is 5.26. The van der Waals surface area contributed by atoms with Crippen molar-refractivity contribution >= 4 is 0 Å². The maximum atomic E-state index is 2.21. The van der Waals surface area contributed by atoms with Crippen LogP contribution < -0.4 is 0 Å². The van der Waals surface area contributed by atoms with Crippen LogP contribution in [-0.4, -0.2) is 0 Å². The lowest BCUT2D eigenvalue weighted by Crippen LogP contribution is -1.88. The highest BCUT2D eigenvalue weighted by Gasteiger charge is 1.93. The lowest BCUT2D eigenvalue weighted by molar-refractivity contribution is 1.04. The molecular formula is C15H28. The molecule has 0 nitrogen and oxygen atoms in total. The normalized spacial score (nSPS) is 8.13. The topological polar surface area (TPSA) is 0 Å². The van der Waals surface area contributed by atoms with Gasteiger partial charge in [-0.2, -0.15) is 0 Å². The van der Waals surface area contributed by atoms with Crippen molar-refractivity contribution in [3.05, 3.63) is 35.4 Å². The van der Waals surface area contributed by atoms with Crippen LogP contribution in [0.5, 0.6) is 0 Å². The molecule has 15 heavy (non-hydrogen) atoms. The first-order chi connectivity index (χ1) is 7.29. The van der Waals surface area contributed by atoms with Crippen LogP contribution in [0.2, 0.25) is 0 Å². The van der Waals surface area contributed by atoms with Crippen molar-refractivity contribution in [1.29, 1.82) is 0 Å². The zero-order valence-corrected chi connectivity index (χ0v) is 11.4. The van der Waals surface area contributed by atoms with E-state index < -0.39 is 0 Å². The third kappa shape index (κ3) is 8.23. The Morgan fingerprint density at radius 2 is 1.00 bits per heavy atom. The van der Waals surface area contributed by atoms with Crippen molar-refractivity contribution in [2.75, 3.05) is 0 Å². The number of benzene rings is 1. The van der Waals surface area contributed by atoms with Crippen LogP contribution in [0.25, 0.3) is 0 Å². The summed E-state index contributed by atoms with van der Waals surface area (Å²) in [6, 6.07) is 8.63. The quantitative estimate of drug-likeness (QED) is 0.622. The maximum Gasteiger partial charge on any atom is -0.0305 e. The van der Waals surface area contributed by atoms with Crippen molar-refractivity contribution in [2.45, 2.75) is 60.8 Å². The van der Waals surface area contributed by atoms with E-state index >= 15 is 0 Å². The maximum absolute atomic E-state index is 2.21. The average molecular weight is 208 g/mol. The second-order valence-electron chi connectivity index (χ2n) is 3.18. The first-order valence-corrected chi connectivity index (χ1v) is 6.36. The lowest BCUT2D eigenvalue weighted by Gasteiger charge is -2.02. The van der Waals surface area contributed by atoms with Crippen molar-refractivity contribution < 1.29 is 0 Å². The van der Waals surface area contributed by atoms with Gasteiger partial charge in [-0.25, -0.2) is 0 Å². The summed E-state index contributed by atoms with van der Waals surface area (Å²) in [6.45, 7) is 12.7. The number of aryl methyl sites for hydroxylation is 2. The minimum absolute atomic E-state index is 1.16. The Hall–Kier alpha value is -0.780. The van der Waals surface area contributed by atoms with E-state index in [1.165, 1.54) is 17.5 Å². The molecule has 0 fully saturated rings. The molecule has 1 aromatic carbocycles. The zero-order chi connectivity index (χ0) is 12.1. The summed E-state index contributed by atoms with van der Waals surface area (Å²) in [5, 5.41) is 0. The predicted octanol–water partition coefficient (Wildman–Crippen LogP) is 5.25. The molecule has 0 radical (unpaired) electrons. The number of rotatable bonds is 2. The Morgan fingerprint density at radius 1 is 0.733 bits per heavy atom. The first-order valence-electron chi connectivity index (χ1n) is 6.36. The lowest BCUT2D eigenvalue weighted by atomic mass is 10.0. The second-order valence-corrected chi connectivity index (χ2v) is 3.18. The summed E-state index contributed by atoms with van der Waals surface area (Å²) in [5.74, 6) is 0. The molecule has 0 spiro atoms. The molecule has 1 rings (SSSR count). The predicted molar refractivity (Wildman–Crippen MR) is 72.5 cm³/mol. The summed E-state index contributed by atoms with van der Waals surface area (Å²) < 4.78 is 0. The van der Waals surface area contributed by atoms with Gasteiger partial charge in [-0.1, -0.05) is 72.2 Å². The van der Waals surface area contributed by atoms with E-state index in [1.54, 1.807) is 0 Å². The van der Waals surface area contributed by atoms with E-state index in [0.717, 1.165) is 12.8 Å². The van der Waals surface area contributed by atoms with Gasteiger partial charge in [0.05, 0.1) is 0 Å². The molecular weight excluding hydrogens is 180 g/mol. The highest BCUT2D eigenvalue weighted by Crippen LogP contribution is 2.08. The Balaban J connectivity index is 0. The molecule has 0 aliphatic rings. The first kappa shape index (κ1) is 16.6. The monoisotopic (exact) mass is 208 g/mol. The molecule has 0 N–H and O–H groups in total. The van der Waals surface area contributed by atoms with Gasteiger partial charge in [0.1, 0.15) is 0 Å². The van der Waals surface area contributed by atoms with Crippen LogP contribution in [0.3, 0.4) is 0 Å². The van der Waals surface area contributed by atoms with E-state index in [9.17, 15) is 0 Å². The molecule has 0 aliphatic heterocycles. The van der Waals surface area contributed by atoms with Crippen LogP contribution in [0, 0.1) is 0 Å². The minimum Gasteiger partial charge on any atom is -0.0683 e. The molecule has 0 atom stereocenters. The van der Waals surface area contributed by atoms with E-state index in [1.807, 2.05) is 13.8 Å². The summed E-state index contributed by atoms with van der Waals surface area (Å²) >= 11 is 0. The van der Waals surface area contributed by atoms with Gasteiger partial charge in [0.15, 0.2) is 0 Å². The molecule has 0 heterocycles. The van der Waals surface area contributed by atoms with Gasteiger partial charge in [-0.05, 0) is 24.0 Å². The van der Waals surface area contributed by atoms with Crippen molar-refractivity contribution in [3.8, 4) is 0 Å². The molecule has 1 aromatic rings. The molecule has 0 aromatic heterocycles. The molecule has 0 bridgehead atoms. The van der Waals surface area contributed by atoms with Gasteiger partial charge in [0, 0.05) is 0 Å². The van der Waals surface area contributed by atoms with Gasteiger partial charge >= 0.3 is 0 Å². The van der Waals surface area contributed by atoms with Gasteiger partial charge in [0.2, 0.25) is 0 Å². The summed E-state index contributed by atoms with van der Waals surface area (Å²) in [5.41, 5.74) is 2.98.